The molecule has 2 aromatic carbocycles. The molecule has 0 spiro atoms. The predicted molar refractivity (Wildman–Crippen MR) is 136 cm³/mol. The molecule has 0 saturated carbocycles. The Morgan fingerprint density at radius 3 is 2.56 bits per heavy atom. The van der Waals surface area contributed by atoms with E-state index in [0.717, 1.165) is 35.7 Å². The molecule has 10 heteroatoms. The van der Waals surface area contributed by atoms with Gasteiger partial charge in [0.05, 0.1) is 19.3 Å². The molecule has 10 nitrogen and oxygen atoms in total. The van der Waals surface area contributed by atoms with Crippen LogP contribution in [0.5, 0.6) is 5.75 Å². The van der Waals surface area contributed by atoms with E-state index in [2.05, 4.69) is 26.4 Å². The normalized spacial score (nSPS) is 13.8. The average molecular weight is 493 g/mol. The molecule has 1 N–H and O–H groups in total. The van der Waals surface area contributed by atoms with Crippen LogP contribution in [0.4, 0.5) is 10.5 Å². The fraction of sp³-hybridized carbons (Fsp3) is 0.385. The zero-order valence-corrected chi connectivity index (χ0v) is 20.9. The van der Waals surface area contributed by atoms with Crippen molar-refractivity contribution < 1.29 is 19.1 Å². The van der Waals surface area contributed by atoms with Gasteiger partial charge in [-0.05, 0) is 50.1 Å². The number of carbonyl (C=O) groups excluding carboxylic acids is 2. The summed E-state index contributed by atoms with van der Waals surface area (Å²) in [6, 6.07) is 13.0. The molecule has 1 saturated heterocycles. The highest BCUT2D eigenvalue weighted by Gasteiger charge is 2.20. The first-order valence-corrected chi connectivity index (χ1v) is 12.1. The van der Waals surface area contributed by atoms with Gasteiger partial charge in [-0.2, -0.15) is 5.10 Å². The van der Waals surface area contributed by atoms with E-state index < -0.39 is 0 Å². The van der Waals surface area contributed by atoms with Crippen LogP contribution < -0.4 is 15.0 Å². The maximum Gasteiger partial charge on any atom is 0.337 e. The van der Waals surface area contributed by atoms with Gasteiger partial charge in [-0.15, -0.1) is 0 Å². The fourth-order valence-corrected chi connectivity index (χ4v) is 4.17. The SMILES string of the molecule is CCOc1cc(N2CCCN(C(=O)NCc3ccc(C(=O)OC)cc3)CC2)ccc1-n1cnc(C)n1. The maximum absolute atomic E-state index is 12.8. The lowest BCUT2D eigenvalue weighted by molar-refractivity contribution is 0.0600. The number of anilines is 1. The Labute approximate surface area is 210 Å². The average Bonchev–Trinajstić information content (AvgIpc) is 3.18. The molecule has 36 heavy (non-hydrogen) atoms. The van der Waals surface area contributed by atoms with E-state index in [-0.39, 0.29) is 12.0 Å². The minimum atomic E-state index is -0.379. The number of hydrogen-bond donors (Lipinski definition) is 1. The second-order valence-corrected chi connectivity index (χ2v) is 8.50. The number of carbonyl (C=O) groups is 2. The Morgan fingerprint density at radius 1 is 1.06 bits per heavy atom. The Morgan fingerprint density at radius 2 is 1.86 bits per heavy atom. The summed E-state index contributed by atoms with van der Waals surface area (Å²) < 4.78 is 12.4. The highest BCUT2D eigenvalue weighted by Crippen LogP contribution is 2.29. The fourth-order valence-electron chi connectivity index (χ4n) is 4.17. The summed E-state index contributed by atoms with van der Waals surface area (Å²) in [6.45, 7) is 7.59. The molecule has 1 aromatic heterocycles. The van der Waals surface area contributed by atoms with Crippen LogP contribution in [-0.2, 0) is 11.3 Å². The van der Waals surface area contributed by atoms with Crippen molar-refractivity contribution in [1.29, 1.82) is 0 Å². The summed E-state index contributed by atoms with van der Waals surface area (Å²) in [5.41, 5.74) is 3.29. The predicted octanol–water partition coefficient (Wildman–Crippen LogP) is 3.18. The molecule has 3 aromatic rings. The van der Waals surface area contributed by atoms with Gasteiger partial charge in [0.15, 0.2) is 0 Å². The lowest BCUT2D eigenvalue weighted by atomic mass is 10.1. The lowest BCUT2D eigenvalue weighted by Crippen LogP contribution is -2.41. The Balaban J connectivity index is 1.36. The Kier molecular flexibility index (Phi) is 8.04. The van der Waals surface area contributed by atoms with E-state index in [1.807, 2.05) is 43.0 Å². The minimum Gasteiger partial charge on any atom is -0.492 e. The summed E-state index contributed by atoms with van der Waals surface area (Å²) in [5.74, 6) is 1.07. The summed E-state index contributed by atoms with van der Waals surface area (Å²) in [5, 5.41) is 7.39. The second kappa shape index (κ2) is 11.6. The third-order valence-corrected chi connectivity index (χ3v) is 6.06. The van der Waals surface area contributed by atoms with Crippen LogP contribution in [0, 0.1) is 6.92 Å². The highest BCUT2D eigenvalue weighted by atomic mass is 16.5. The van der Waals surface area contributed by atoms with E-state index in [1.54, 1.807) is 23.1 Å². The smallest absolute Gasteiger partial charge is 0.337 e. The van der Waals surface area contributed by atoms with Crippen LogP contribution >= 0.6 is 0 Å². The number of ether oxygens (including phenoxy) is 2. The van der Waals surface area contributed by atoms with Crippen molar-refractivity contribution in [2.75, 3.05) is 44.8 Å². The van der Waals surface area contributed by atoms with E-state index in [0.29, 0.717) is 44.2 Å². The van der Waals surface area contributed by atoms with Crippen molar-refractivity contribution >= 4 is 17.7 Å². The van der Waals surface area contributed by atoms with Gasteiger partial charge >= 0.3 is 12.0 Å². The van der Waals surface area contributed by atoms with Gasteiger partial charge in [-0.25, -0.2) is 19.3 Å². The third-order valence-electron chi connectivity index (χ3n) is 6.06. The quantitative estimate of drug-likeness (QED) is 0.506. The van der Waals surface area contributed by atoms with Gasteiger partial charge in [-0.3, -0.25) is 0 Å². The van der Waals surface area contributed by atoms with Gasteiger partial charge in [0.1, 0.15) is 23.6 Å². The van der Waals surface area contributed by atoms with Gasteiger partial charge in [-0.1, -0.05) is 12.1 Å². The van der Waals surface area contributed by atoms with Crippen LogP contribution in [0.3, 0.4) is 0 Å². The monoisotopic (exact) mass is 492 g/mol. The van der Waals surface area contributed by atoms with Gasteiger partial charge in [0.2, 0.25) is 0 Å². The molecule has 1 aliphatic rings. The number of benzene rings is 2. The molecule has 1 aliphatic heterocycles. The number of nitrogens with zero attached hydrogens (tertiary/aromatic N) is 5. The summed E-state index contributed by atoms with van der Waals surface area (Å²) in [6.07, 6.45) is 2.54. The number of aromatic nitrogens is 3. The molecule has 4 rings (SSSR count). The van der Waals surface area contributed by atoms with Crippen molar-refractivity contribution in [3.63, 3.8) is 0 Å². The summed E-state index contributed by atoms with van der Waals surface area (Å²) in [7, 11) is 1.35. The van der Waals surface area contributed by atoms with Crippen LogP contribution in [0.2, 0.25) is 0 Å². The molecular formula is C26H32N6O4. The Hall–Kier alpha value is -4.08. The van der Waals surface area contributed by atoms with E-state index in [9.17, 15) is 9.59 Å². The molecule has 2 heterocycles. The third kappa shape index (κ3) is 5.94. The highest BCUT2D eigenvalue weighted by molar-refractivity contribution is 5.89. The van der Waals surface area contributed by atoms with Crippen LogP contribution in [0.25, 0.3) is 5.69 Å². The van der Waals surface area contributed by atoms with Crippen molar-refractivity contribution in [1.82, 2.24) is 25.0 Å². The van der Waals surface area contributed by atoms with Crippen molar-refractivity contribution in [2.24, 2.45) is 0 Å². The lowest BCUT2D eigenvalue weighted by Gasteiger charge is -2.25. The zero-order valence-electron chi connectivity index (χ0n) is 20.9. The topological polar surface area (TPSA) is 102 Å². The zero-order chi connectivity index (χ0) is 25.5. The molecular weight excluding hydrogens is 460 g/mol. The number of methoxy groups -OCH3 is 1. The number of urea groups is 1. The first kappa shape index (κ1) is 25.0. The maximum atomic E-state index is 12.8. The number of nitrogens with one attached hydrogen (secondary N) is 1. The van der Waals surface area contributed by atoms with Gasteiger partial charge < -0.3 is 24.6 Å². The molecule has 0 aliphatic carbocycles. The molecule has 0 atom stereocenters. The van der Waals surface area contributed by atoms with Crippen LogP contribution in [-0.4, -0.2) is 71.6 Å². The van der Waals surface area contributed by atoms with E-state index >= 15 is 0 Å². The van der Waals surface area contributed by atoms with Crippen LogP contribution in [0.15, 0.2) is 48.8 Å². The number of aryl methyl sites for hydroxylation is 1. The minimum absolute atomic E-state index is 0.0965. The molecule has 0 unspecified atom stereocenters. The van der Waals surface area contributed by atoms with E-state index in [4.69, 9.17) is 9.47 Å². The molecule has 1 fully saturated rings. The number of esters is 1. The first-order valence-electron chi connectivity index (χ1n) is 12.1. The van der Waals surface area contributed by atoms with E-state index in [1.165, 1.54) is 7.11 Å². The summed E-state index contributed by atoms with van der Waals surface area (Å²) >= 11 is 0. The number of rotatable bonds is 7. The van der Waals surface area contributed by atoms with Crippen molar-refractivity contribution in [3.8, 4) is 11.4 Å². The largest absolute Gasteiger partial charge is 0.492 e. The van der Waals surface area contributed by atoms with Crippen molar-refractivity contribution in [3.05, 3.63) is 65.7 Å². The molecule has 0 radical (unpaired) electrons. The molecule has 190 valence electrons. The number of hydrogen-bond acceptors (Lipinski definition) is 7. The second-order valence-electron chi connectivity index (χ2n) is 8.50. The van der Waals surface area contributed by atoms with Crippen LogP contribution in [0.1, 0.15) is 35.1 Å². The summed E-state index contributed by atoms with van der Waals surface area (Å²) in [4.78, 5) is 32.7. The molecule has 2 amide bonds. The standard InChI is InChI=1S/C26H32N6O4/c1-4-36-24-16-22(10-11-23(24)32-18-28-19(2)29-32)30-12-5-13-31(15-14-30)26(34)27-17-20-6-8-21(9-7-20)25(33)35-3/h6-11,16,18H,4-5,12-15,17H2,1-3H3,(H,27,34). The van der Waals surface area contributed by atoms with Gasteiger partial charge in [0, 0.05) is 44.5 Å². The molecule has 0 bridgehead atoms. The van der Waals surface area contributed by atoms with Crippen molar-refractivity contribution in [2.45, 2.75) is 26.8 Å². The Bertz CT molecular complexity index is 1190. The first-order chi connectivity index (χ1) is 17.5. The number of amides is 2. The van der Waals surface area contributed by atoms with Gasteiger partial charge in [0.25, 0.3) is 0 Å².